The van der Waals surface area contributed by atoms with Gasteiger partial charge < -0.3 is 14.8 Å². The lowest BCUT2D eigenvalue weighted by molar-refractivity contribution is -0.119. The molecule has 1 amide bonds. The van der Waals surface area contributed by atoms with Crippen LogP contribution < -0.4 is 19.1 Å². The van der Waals surface area contributed by atoms with Crippen LogP contribution >= 0.6 is 0 Å². The van der Waals surface area contributed by atoms with E-state index in [0.29, 0.717) is 5.75 Å². The minimum atomic E-state index is -4.04. The van der Waals surface area contributed by atoms with E-state index in [1.165, 1.54) is 26.4 Å². The molecule has 32 heavy (non-hydrogen) atoms. The summed E-state index contributed by atoms with van der Waals surface area (Å²) in [6.45, 7) is 1.86. The van der Waals surface area contributed by atoms with Crippen molar-refractivity contribution in [2.45, 2.75) is 18.4 Å². The molecule has 0 aliphatic rings. The SMILES string of the molecule is COc1ccc(N(CC(=O)NCc2ccc(C)cc2)S(=O)(=O)c2ccccc2)c(OC)c1. The van der Waals surface area contributed by atoms with Gasteiger partial charge in [-0.25, -0.2) is 8.42 Å². The molecule has 0 heterocycles. The van der Waals surface area contributed by atoms with Crippen LogP contribution in [0.3, 0.4) is 0 Å². The molecule has 8 heteroatoms. The molecule has 0 unspecified atom stereocenters. The van der Waals surface area contributed by atoms with Crippen LogP contribution in [0.1, 0.15) is 11.1 Å². The van der Waals surface area contributed by atoms with Crippen molar-refractivity contribution in [1.29, 1.82) is 0 Å². The van der Waals surface area contributed by atoms with Crippen molar-refractivity contribution in [3.63, 3.8) is 0 Å². The van der Waals surface area contributed by atoms with E-state index in [9.17, 15) is 13.2 Å². The summed E-state index contributed by atoms with van der Waals surface area (Å²) in [5, 5.41) is 2.79. The number of carbonyl (C=O) groups is 1. The number of ether oxygens (including phenoxy) is 2. The Hall–Kier alpha value is -3.52. The van der Waals surface area contributed by atoms with Crippen LogP contribution in [0.25, 0.3) is 0 Å². The van der Waals surface area contributed by atoms with Crippen LogP contribution in [0.2, 0.25) is 0 Å². The molecule has 168 valence electrons. The Kier molecular flexibility index (Phi) is 7.37. The number of nitrogens with zero attached hydrogens (tertiary/aromatic N) is 1. The minimum Gasteiger partial charge on any atom is -0.497 e. The number of methoxy groups -OCH3 is 2. The third-order valence-corrected chi connectivity index (χ3v) is 6.66. The summed E-state index contributed by atoms with van der Waals surface area (Å²) in [6.07, 6.45) is 0. The number of carbonyl (C=O) groups excluding carboxylic acids is 1. The number of sulfonamides is 1. The van der Waals surface area contributed by atoms with Gasteiger partial charge in [0.25, 0.3) is 10.0 Å². The Bertz CT molecular complexity index is 1160. The molecular weight excluding hydrogens is 428 g/mol. The first kappa shape index (κ1) is 23.1. The zero-order valence-corrected chi connectivity index (χ0v) is 19.1. The van der Waals surface area contributed by atoms with Gasteiger partial charge in [0.1, 0.15) is 18.0 Å². The van der Waals surface area contributed by atoms with Crippen LogP contribution in [0.15, 0.2) is 77.7 Å². The number of rotatable bonds is 9. The fraction of sp³-hybridized carbons (Fsp3) is 0.208. The molecule has 0 fully saturated rings. The molecule has 3 rings (SSSR count). The van der Waals surface area contributed by atoms with Gasteiger partial charge in [-0.15, -0.1) is 0 Å². The largest absolute Gasteiger partial charge is 0.497 e. The van der Waals surface area contributed by atoms with Crippen molar-refractivity contribution in [2.75, 3.05) is 25.1 Å². The number of benzene rings is 3. The van der Waals surface area contributed by atoms with E-state index in [1.807, 2.05) is 31.2 Å². The van der Waals surface area contributed by atoms with Crippen molar-refractivity contribution >= 4 is 21.6 Å². The first-order valence-corrected chi connectivity index (χ1v) is 11.4. The quantitative estimate of drug-likeness (QED) is 0.535. The lowest BCUT2D eigenvalue weighted by Crippen LogP contribution is -2.40. The highest BCUT2D eigenvalue weighted by atomic mass is 32.2. The second-order valence-corrected chi connectivity index (χ2v) is 8.99. The summed E-state index contributed by atoms with van der Waals surface area (Å²) < 4.78 is 38.6. The topological polar surface area (TPSA) is 84.9 Å². The Morgan fingerprint density at radius 2 is 1.62 bits per heavy atom. The van der Waals surface area contributed by atoms with Crippen LogP contribution in [0, 0.1) is 6.92 Å². The molecule has 3 aromatic carbocycles. The van der Waals surface area contributed by atoms with Crippen molar-refractivity contribution in [1.82, 2.24) is 5.32 Å². The molecular formula is C24H26N2O5S. The van der Waals surface area contributed by atoms with E-state index in [2.05, 4.69) is 5.32 Å². The Labute approximate surface area is 188 Å². The van der Waals surface area contributed by atoms with E-state index >= 15 is 0 Å². The Morgan fingerprint density at radius 3 is 2.25 bits per heavy atom. The van der Waals surface area contributed by atoms with Gasteiger partial charge in [-0.3, -0.25) is 9.10 Å². The zero-order valence-electron chi connectivity index (χ0n) is 18.2. The van der Waals surface area contributed by atoms with Crippen LogP contribution in [-0.2, 0) is 21.4 Å². The molecule has 7 nitrogen and oxygen atoms in total. The summed E-state index contributed by atoms with van der Waals surface area (Å²) in [5.41, 5.74) is 2.28. The van der Waals surface area contributed by atoms with Crippen molar-refractivity contribution in [3.8, 4) is 11.5 Å². The van der Waals surface area contributed by atoms with Gasteiger partial charge in [-0.2, -0.15) is 0 Å². The Balaban J connectivity index is 1.92. The monoisotopic (exact) mass is 454 g/mol. The normalized spacial score (nSPS) is 11.0. The molecule has 0 spiro atoms. The molecule has 0 saturated carbocycles. The summed E-state index contributed by atoms with van der Waals surface area (Å²) in [4.78, 5) is 12.9. The molecule has 0 aromatic heterocycles. The average Bonchev–Trinajstić information content (AvgIpc) is 2.82. The number of anilines is 1. The highest BCUT2D eigenvalue weighted by Gasteiger charge is 2.29. The van der Waals surface area contributed by atoms with Crippen molar-refractivity contribution < 1.29 is 22.7 Å². The smallest absolute Gasteiger partial charge is 0.264 e. The van der Waals surface area contributed by atoms with Crippen LogP contribution in [-0.4, -0.2) is 35.1 Å². The van der Waals surface area contributed by atoms with Gasteiger partial charge in [0.2, 0.25) is 5.91 Å². The molecule has 0 aliphatic carbocycles. The average molecular weight is 455 g/mol. The number of nitrogens with one attached hydrogen (secondary N) is 1. The fourth-order valence-electron chi connectivity index (χ4n) is 3.10. The van der Waals surface area contributed by atoms with Crippen LogP contribution in [0.5, 0.6) is 11.5 Å². The molecule has 0 saturated heterocycles. The maximum absolute atomic E-state index is 13.5. The van der Waals surface area contributed by atoms with E-state index in [-0.39, 0.29) is 22.9 Å². The first-order chi connectivity index (χ1) is 15.3. The Morgan fingerprint density at radius 1 is 0.938 bits per heavy atom. The highest BCUT2D eigenvalue weighted by Crippen LogP contribution is 2.35. The molecule has 3 aromatic rings. The number of hydrogen-bond donors (Lipinski definition) is 1. The van der Waals surface area contributed by atoms with Gasteiger partial charge in [0.05, 0.1) is 24.8 Å². The lowest BCUT2D eigenvalue weighted by Gasteiger charge is -2.26. The van der Waals surface area contributed by atoms with Crippen molar-refractivity contribution in [3.05, 3.63) is 83.9 Å². The second kappa shape index (κ2) is 10.2. The maximum Gasteiger partial charge on any atom is 0.264 e. The zero-order chi connectivity index (χ0) is 23.1. The molecule has 0 radical (unpaired) electrons. The first-order valence-electron chi connectivity index (χ1n) is 9.97. The highest BCUT2D eigenvalue weighted by molar-refractivity contribution is 7.92. The number of amides is 1. The van der Waals surface area contributed by atoms with Gasteiger partial charge in [-0.05, 0) is 36.8 Å². The fourth-order valence-corrected chi connectivity index (χ4v) is 4.56. The third kappa shape index (κ3) is 5.39. The van der Waals surface area contributed by atoms with Gasteiger partial charge in [0.15, 0.2) is 0 Å². The summed E-state index contributed by atoms with van der Waals surface area (Å²) >= 11 is 0. The van der Waals surface area contributed by atoms with Gasteiger partial charge in [0, 0.05) is 12.6 Å². The molecule has 1 N–H and O–H groups in total. The standard InChI is InChI=1S/C24H26N2O5S/c1-18-9-11-19(12-10-18)16-25-24(27)17-26(32(28,29)21-7-5-4-6-8-21)22-14-13-20(30-2)15-23(22)31-3/h4-15H,16-17H2,1-3H3,(H,25,27). The van der Waals surface area contributed by atoms with E-state index in [4.69, 9.17) is 9.47 Å². The molecule has 0 atom stereocenters. The molecule has 0 aliphatic heterocycles. The lowest BCUT2D eigenvalue weighted by atomic mass is 10.1. The van der Waals surface area contributed by atoms with Crippen molar-refractivity contribution in [2.24, 2.45) is 0 Å². The molecule has 0 bridgehead atoms. The number of aryl methyl sites for hydroxylation is 1. The summed E-state index contributed by atoms with van der Waals surface area (Å²) in [7, 11) is -1.10. The second-order valence-electron chi connectivity index (χ2n) is 7.12. The maximum atomic E-state index is 13.5. The van der Waals surface area contributed by atoms with E-state index in [0.717, 1.165) is 15.4 Å². The minimum absolute atomic E-state index is 0.0733. The third-order valence-electron chi connectivity index (χ3n) is 4.88. The summed E-state index contributed by atoms with van der Waals surface area (Å²) in [5.74, 6) is 0.338. The van der Waals surface area contributed by atoms with E-state index < -0.39 is 22.5 Å². The number of hydrogen-bond acceptors (Lipinski definition) is 5. The summed E-state index contributed by atoms with van der Waals surface area (Å²) in [6, 6.07) is 20.5. The predicted molar refractivity (Wildman–Crippen MR) is 124 cm³/mol. The van der Waals surface area contributed by atoms with Gasteiger partial charge >= 0.3 is 0 Å². The van der Waals surface area contributed by atoms with Crippen LogP contribution in [0.4, 0.5) is 5.69 Å². The predicted octanol–water partition coefficient (Wildman–Crippen LogP) is 3.52. The van der Waals surface area contributed by atoms with Gasteiger partial charge in [-0.1, -0.05) is 48.0 Å². The van der Waals surface area contributed by atoms with E-state index in [1.54, 1.807) is 36.4 Å².